The molecule has 4 rings (SSSR count). The number of aromatic nitrogens is 3. The number of carboxylic acids is 1. The van der Waals surface area contributed by atoms with Gasteiger partial charge in [-0.15, -0.1) is 10.2 Å². The number of aliphatic carboxylic acids is 1. The fourth-order valence-corrected chi connectivity index (χ4v) is 3.58. The number of aryl methyl sites for hydroxylation is 1. The fraction of sp³-hybridized carbons (Fsp3) is 0.0500. The lowest BCUT2D eigenvalue weighted by atomic mass is 10.1. The van der Waals surface area contributed by atoms with Crippen LogP contribution in [0, 0.1) is 6.92 Å². The SMILES string of the molecule is Cc1[nH]c2ccccc2c1/C=C(\Sc1nnc(-c2ccc(Cl)cc2)o1)C(=O)[O-]. The van der Waals surface area contributed by atoms with Gasteiger partial charge in [0, 0.05) is 37.7 Å². The average Bonchev–Trinajstić information content (AvgIpc) is 3.26. The van der Waals surface area contributed by atoms with Crippen molar-refractivity contribution in [3.63, 3.8) is 0 Å². The van der Waals surface area contributed by atoms with Crippen LogP contribution in [0.3, 0.4) is 0 Å². The van der Waals surface area contributed by atoms with Crippen molar-refractivity contribution in [3.05, 3.63) is 69.7 Å². The molecule has 2 aromatic heterocycles. The van der Waals surface area contributed by atoms with Crippen molar-refractivity contribution < 1.29 is 14.3 Å². The van der Waals surface area contributed by atoms with Gasteiger partial charge in [0.25, 0.3) is 5.22 Å². The third-order valence-corrected chi connectivity index (χ3v) is 5.21. The number of rotatable bonds is 5. The predicted molar refractivity (Wildman–Crippen MR) is 107 cm³/mol. The molecule has 1 N–H and O–H groups in total. The summed E-state index contributed by atoms with van der Waals surface area (Å²) >= 11 is 6.73. The lowest BCUT2D eigenvalue weighted by molar-refractivity contribution is -0.298. The Morgan fingerprint density at radius 3 is 2.68 bits per heavy atom. The molecule has 0 spiro atoms. The van der Waals surface area contributed by atoms with Crippen LogP contribution in [0.1, 0.15) is 11.3 Å². The van der Waals surface area contributed by atoms with E-state index in [1.807, 2.05) is 31.2 Å². The van der Waals surface area contributed by atoms with Gasteiger partial charge in [-0.1, -0.05) is 29.8 Å². The Balaban J connectivity index is 1.66. The minimum atomic E-state index is -1.32. The highest BCUT2D eigenvalue weighted by molar-refractivity contribution is 8.03. The summed E-state index contributed by atoms with van der Waals surface area (Å²) in [6.45, 7) is 1.88. The van der Waals surface area contributed by atoms with Gasteiger partial charge in [0.05, 0.1) is 5.97 Å². The van der Waals surface area contributed by atoms with E-state index in [0.717, 1.165) is 33.9 Å². The summed E-state index contributed by atoms with van der Waals surface area (Å²) in [6.07, 6.45) is 1.56. The van der Waals surface area contributed by atoms with Gasteiger partial charge < -0.3 is 19.3 Å². The first-order chi connectivity index (χ1) is 13.5. The minimum absolute atomic E-state index is 0.0286. The summed E-state index contributed by atoms with van der Waals surface area (Å²) in [5.41, 5.74) is 3.25. The van der Waals surface area contributed by atoms with Crippen molar-refractivity contribution in [1.82, 2.24) is 15.2 Å². The van der Waals surface area contributed by atoms with E-state index in [1.165, 1.54) is 0 Å². The smallest absolute Gasteiger partial charge is 0.281 e. The van der Waals surface area contributed by atoms with Crippen LogP contribution in [0.5, 0.6) is 0 Å². The van der Waals surface area contributed by atoms with Crippen molar-refractivity contribution in [1.29, 1.82) is 0 Å². The Morgan fingerprint density at radius 2 is 1.93 bits per heavy atom. The molecule has 2 aromatic carbocycles. The molecular formula is C20H13ClN3O3S-. The zero-order valence-electron chi connectivity index (χ0n) is 14.6. The van der Waals surface area contributed by atoms with Crippen LogP contribution in [0.4, 0.5) is 0 Å². The highest BCUT2D eigenvalue weighted by Crippen LogP contribution is 2.32. The van der Waals surface area contributed by atoms with Crippen LogP contribution in [0.15, 0.2) is 63.1 Å². The van der Waals surface area contributed by atoms with Gasteiger partial charge >= 0.3 is 0 Å². The molecule has 0 atom stereocenters. The average molecular weight is 411 g/mol. The number of nitrogens with one attached hydrogen (secondary N) is 1. The number of carboxylic acid groups (broad SMARTS) is 1. The molecule has 0 aliphatic carbocycles. The van der Waals surface area contributed by atoms with E-state index in [2.05, 4.69) is 15.2 Å². The van der Waals surface area contributed by atoms with Crippen molar-refractivity contribution >= 4 is 46.3 Å². The Hall–Kier alpha value is -3.03. The van der Waals surface area contributed by atoms with Gasteiger partial charge in [0.2, 0.25) is 5.89 Å². The van der Waals surface area contributed by atoms with Crippen LogP contribution in [-0.4, -0.2) is 21.2 Å². The van der Waals surface area contributed by atoms with Gasteiger partial charge in [-0.05, 0) is 55.1 Å². The van der Waals surface area contributed by atoms with Gasteiger partial charge in [-0.25, -0.2) is 0 Å². The number of H-pyrrole nitrogens is 1. The normalized spacial score (nSPS) is 11.9. The molecule has 6 nitrogen and oxygen atoms in total. The molecule has 0 radical (unpaired) electrons. The quantitative estimate of drug-likeness (QED) is 0.393. The van der Waals surface area contributed by atoms with Crippen molar-refractivity contribution in [3.8, 4) is 11.5 Å². The number of para-hydroxylation sites is 1. The van der Waals surface area contributed by atoms with E-state index in [4.69, 9.17) is 16.0 Å². The summed E-state index contributed by atoms with van der Waals surface area (Å²) in [4.78, 5) is 14.9. The molecule has 0 bridgehead atoms. The summed E-state index contributed by atoms with van der Waals surface area (Å²) in [7, 11) is 0. The zero-order chi connectivity index (χ0) is 19.7. The second-order valence-corrected chi connectivity index (χ2v) is 7.42. The number of nitrogens with zero attached hydrogens (tertiary/aromatic N) is 2. The van der Waals surface area contributed by atoms with Crippen molar-refractivity contribution in [2.24, 2.45) is 0 Å². The minimum Gasteiger partial charge on any atom is -0.544 e. The molecule has 0 amide bonds. The summed E-state index contributed by atoms with van der Waals surface area (Å²) in [6, 6.07) is 14.6. The van der Waals surface area contributed by atoms with E-state index in [1.54, 1.807) is 30.3 Å². The number of hydrogen-bond acceptors (Lipinski definition) is 6. The van der Waals surface area contributed by atoms with E-state index < -0.39 is 5.97 Å². The maximum absolute atomic E-state index is 11.7. The van der Waals surface area contributed by atoms with E-state index in [0.29, 0.717) is 10.6 Å². The molecule has 0 aliphatic heterocycles. The molecule has 0 saturated carbocycles. The Bertz CT molecular complexity index is 1200. The topological polar surface area (TPSA) is 94.8 Å². The number of thioether (sulfide) groups is 1. The highest BCUT2D eigenvalue weighted by atomic mass is 35.5. The van der Waals surface area contributed by atoms with Crippen molar-refractivity contribution in [2.75, 3.05) is 0 Å². The number of hydrogen-bond donors (Lipinski definition) is 1. The Kier molecular flexibility index (Phi) is 4.93. The number of fused-ring (bicyclic) bond motifs is 1. The van der Waals surface area contributed by atoms with E-state index in [-0.39, 0.29) is 16.0 Å². The largest absolute Gasteiger partial charge is 0.544 e. The van der Waals surface area contributed by atoms with Crippen LogP contribution >= 0.6 is 23.4 Å². The highest BCUT2D eigenvalue weighted by Gasteiger charge is 2.14. The molecule has 0 fully saturated rings. The fourth-order valence-electron chi connectivity index (χ4n) is 2.80. The molecule has 0 saturated heterocycles. The number of aromatic amines is 1. The second kappa shape index (κ2) is 7.53. The van der Waals surface area contributed by atoms with E-state index >= 15 is 0 Å². The predicted octanol–water partition coefficient (Wildman–Crippen LogP) is 4.06. The lowest BCUT2D eigenvalue weighted by Gasteiger charge is -2.05. The monoisotopic (exact) mass is 410 g/mol. The number of carbonyl (C=O) groups excluding carboxylic acids is 1. The zero-order valence-corrected chi connectivity index (χ0v) is 16.2. The standard InChI is InChI=1S/C20H14ClN3O3S/c1-11-15(14-4-2-3-5-16(14)22-11)10-17(19(25)26)28-20-24-23-18(27-20)12-6-8-13(21)9-7-12/h2-10,22H,1H3,(H,25,26)/p-1/b17-10-. The first-order valence-electron chi connectivity index (χ1n) is 8.29. The first kappa shape index (κ1) is 18.3. The third kappa shape index (κ3) is 3.67. The van der Waals surface area contributed by atoms with Gasteiger partial charge in [0.1, 0.15) is 0 Å². The number of benzene rings is 2. The number of carbonyl (C=O) groups is 1. The Labute approximate surface area is 169 Å². The van der Waals surface area contributed by atoms with Gasteiger partial charge in [-0.2, -0.15) is 0 Å². The van der Waals surface area contributed by atoms with Crippen LogP contribution in [0.2, 0.25) is 5.02 Å². The van der Waals surface area contributed by atoms with Crippen molar-refractivity contribution in [2.45, 2.75) is 12.1 Å². The molecule has 4 aromatic rings. The summed E-state index contributed by atoms with van der Waals surface area (Å²) in [5, 5.41) is 21.2. The van der Waals surface area contributed by atoms with E-state index in [9.17, 15) is 9.90 Å². The third-order valence-electron chi connectivity index (χ3n) is 4.11. The maximum Gasteiger partial charge on any atom is 0.281 e. The van der Waals surface area contributed by atoms with Gasteiger partial charge in [0.15, 0.2) is 0 Å². The van der Waals surface area contributed by atoms with Crippen LogP contribution in [-0.2, 0) is 4.79 Å². The molecule has 0 aliphatic rings. The van der Waals surface area contributed by atoms with Crippen LogP contribution < -0.4 is 5.11 Å². The molecule has 2 heterocycles. The molecule has 8 heteroatoms. The Morgan fingerprint density at radius 1 is 1.18 bits per heavy atom. The molecular weight excluding hydrogens is 398 g/mol. The van der Waals surface area contributed by atoms with Gasteiger partial charge in [-0.3, -0.25) is 0 Å². The maximum atomic E-state index is 11.7. The first-order valence-corrected chi connectivity index (χ1v) is 9.48. The molecule has 140 valence electrons. The molecule has 28 heavy (non-hydrogen) atoms. The van der Waals surface area contributed by atoms with Crippen LogP contribution in [0.25, 0.3) is 28.4 Å². The second-order valence-electron chi connectivity index (χ2n) is 5.99. The summed E-state index contributed by atoms with van der Waals surface area (Å²) in [5.74, 6) is -1.04. The molecule has 0 unspecified atom stereocenters. The number of halogens is 1. The summed E-state index contributed by atoms with van der Waals surface area (Å²) < 4.78 is 5.59. The lowest BCUT2D eigenvalue weighted by Crippen LogP contribution is -2.23.